The first-order valence-electron chi connectivity index (χ1n) is 7.15. The number of aliphatic hydroxyl groups is 1. The van der Waals surface area contributed by atoms with Crippen molar-refractivity contribution in [2.24, 2.45) is 5.73 Å². The summed E-state index contributed by atoms with van der Waals surface area (Å²) >= 11 is 0. The van der Waals surface area contributed by atoms with Gasteiger partial charge in [0.2, 0.25) is 0 Å². The van der Waals surface area contributed by atoms with Gasteiger partial charge in [0.05, 0.1) is 31.3 Å². The van der Waals surface area contributed by atoms with Crippen LogP contribution in [0, 0.1) is 0 Å². The van der Waals surface area contributed by atoms with Crippen LogP contribution in [0.15, 0.2) is 18.2 Å². The number of imidazole rings is 1. The highest BCUT2D eigenvalue weighted by molar-refractivity contribution is 5.78. The van der Waals surface area contributed by atoms with Crippen LogP contribution < -0.4 is 10.5 Å². The first-order valence-corrected chi connectivity index (χ1v) is 7.15. The van der Waals surface area contributed by atoms with Crippen LogP contribution >= 0.6 is 0 Å². The van der Waals surface area contributed by atoms with Gasteiger partial charge in [-0.05, 0) is 26.1 Å². The number of nitrogens with two attached hydrogens (primary N) is 1. The van der Waals surface area contributed by atoms with Crippen LogP contribution in [0.4, 0.5) is 0 Å². The Labute approximate surface area is 125 Å². The normalized spacial score (nSPS) is 13.0. The van der Waals surface area contributed by atoms with Gasteiger partial charge in [-0.3, -0.25) is 4.90 Å². The average Bonchev–Trinajstić information content (AvgIpc) is 2.83. The Morgan fingerprint density at radius 3 is 2.86 bits per heavy atom. The number of hydrogen-bond donors (Lipinski definition) is 2. The molecule has 1 aromatic carbocycles. The summed E-state index contributed by atoms with van der Waals surface area (Å²) in [5, 5.41) is 9.04. The molecule has 0 bridgehead atoms. The number of fused-ring (bicyclic) bond motifs is 1. The minimum atomic E-state index is 0.136. The van der Waals surface area contributed by atoms with Gasteiger partial charge in [0.25, 0.3) is 0 Å². The number of hydrogen-bond acceptors (Lipinski definition) is 5. The second kappa shape index (κ2) is 6.89. The van der Waals surface area contributed by atoms with E-state index in [1.807, 2.05) is 30.1 Å². The maximum atomic E-state index is 9.04. The van der Waals surface area contributed by atoms with Crippen molar-refractivity contribution in [2.45, 2.75) is 19.5 Å². The van der Waals surface area contributed by atoms with Gasteiger partial charge in [0.15, 0.2) is 0 Å². The molecule has 1 heterocycles. The number of methoxy groups -OCH3 is 1. The maximum absolute atomic E-state index is 9.04. The molecular formula is C15H24N4O2. The van der Waals surface area contributed by atoms with Gasteiger partial charge >= 0.3 is 0 Å². The maximum Gasteiger partial charge on any atom is 0.124 e. The number of rotatable bonds is 7. The molecule has 1 aromatic heterocycles. The van der Waals surface area contributed by atoms with Gasteiger partial charge in [-0.15, -0.1) is 0 Å². The lowest BCUT2D eigenvalue weighted by atomic mass is 10.2. The SMILES string of the molecule is COc1ccc2c(c1)nc(CN(C)CCO)n2C(C)CN. The molecule has 3 N–H and O–H groups in total. The van der Waals surface area contributed by atoms with E-state index in [1.165, 1.54) is 0 Å². The van der Waals surface area contributed by atoms with Crippen LogP contribution in [0.5, 0.6) is 5.75 Å². The molecule has 0 aliphatic rings. The van der Waals surface area contributed by atoms with Crippen LogP contribution in [0.1, 0.15) is 18.8 Å². The van der Waals surface area contributed by atoms with E-state index in [0.717, 1.165) is 22.6 Å². The van der Waals surface area contributed by atoms with E-state index < -0.39 is 0 Å². The molecule has 2 aromatic rings. The van der Waals surface area contributed by atoms with Crippen molar-refractivity contribution in [3.63, 3.8) is 0 Å². The molecule has 116 valence electrons. The van der Waals surface area contributed by atoms with Crippen molar-refractivity contribution in [3.05, 3.63) is 24.0 Å². The van der Waals surface area contributed by atoms with Gasteiger partial charge in [-0.2, -0.15) is 0 Å². The van der Waals surface area contributed by atoms with Crippen molar-refractivity contribution in [3.8, 4) is 5.75 Å². The third-order valence-electron chi connectivity index (χ3n) is 3.64. The fourth-order valence-electron chi connectivity index (χ4n) is 2.46. The van der Waals surface area contributed by atoms with Gasteiger partial charge < -0.3 is 20.1 Å². The van der Waals surface area contributed by atoms with Crippen LogP contribution in [0.3, 0.4) is 0 Å². The van der Waals surface area contributed by atoms with Crippen LogP contribution in [-0.2, 0) is 6.54 Å². The highest BCUT2D eigenvalue weighted by atomic mass is 16.5. The van der Waals surface area contributed by atoms with Crippen LogP contribution in [0.25, 0.3) is 11.0 Å². The Hall–Kier alpha value is -1.63. The fraction of sp³-hybridized carbons (Fsp3) is 0.533. The van der Waals surface area contributed by atoms with Crippen molar-refractivity contribution < 1.29 is 9.84 Å². The minimum absolute atomic E-state index is 0.136. The number of aromatic nitrogens is 2. The van der Waals surface area contributed by atoms with Crippen molar-refractivity contribution >= 4 is 11.0 Å². The fourth-order valence-corrected chi connectivity index (χ4v) is 2.46. The first kappa shape index (κ1) is 15.8. The Morgan fingerprint density at radius 2 is 2.24 bits per heavy atom. The molecule has 21 heavy (non-hydrogen) atoms. The number of likely N-dealkylation sites (N-methyl/N-ethyl adjacent to an activating group) is 1. The molecule has 0 saturated carbocycles. The lowest BCUT2D eigenvalue weighted by Crippen LogP contribution is -2.25. The van der Waals surface area contributed by atoms with E-state index in [1.54, 1.807) is 7.11 Å². The Balaban J connectivity index is 2.46. The van der Waals surface area contributed by atoms with E-state index in [0.29, 0.717) is 19.6 Å². The summed E-state index contributed by atoms with van der Waals surface area (Å²) in [6, 6.07) is 6.05. The van der Waals surface area contributed by atoms with Gasteiger partial charge in [0.1, 0.15) is 11.6 Å². The molecular weight excluding hydrogens is 268 g/mol. The summed E-state index contributed by atoms with van der Waals surface area (Å²) in [4.78, 5) is 6.76. The molecule has 0 fully saturated rings. The molecule has 0 aliphatic heterocycles. The third-order valence-corrected chi connectivity index (χ3v) is 3.64. The predicted molar refractivity (Wildman–Crippen MR) is 83.5 cm³/mol. The number of benzene rings is 1. The van der Waals surface area contributed by atoms with E-state index >= 15 is 0 Å². The quantitative estimate of drug-likeness (QED) is 0.796. The number of aliphatic hydroxyl groups excluding tert-OH is 1. The second-order valence-electron chi connectivity index (χ2n) is 5.30. The highest BCUT2D eigenvalue weighted by Gasteiger charge is 2.16. The highest BCUT2D eigenvalue weighted by Crippen LogP contribution is 2.25. The summed E-state index contributed by atoms with van der Waals surface area (Å²) in [6.45, 7) is 4.05. The molecule has 0 radical (unpaired) electrons. The van der Waals surface area contributed by atoms with E-state index in [9.17, 15) is 0 Å². The van der Waals surface area contributed by atoms with Crippen LogP contribution in [-0.4, -0.2) is 53.4 Å². The van der Waals surface area contributed by atoms with Gasteiger partial charge in [0, 0.05) is 25.2 Å². The van der Waals surface area contributed by atoms with E-state index in [4.69, 9.17) is 20.6 Å². The van der Waals surface area contributed by atoms with Gasteiger partial charge in [-0.1, -0.05) is 0 Å². The molecule has 6 nitrogen and oxygen atoms in total. The molecule has 2 rings (SSSR count). The van der Waals surface area contributed by atoms with Crippen molar-refractivity contribution in [1.82, 2.24) is 14.5 Å². The summed E-state index contributed by atoms with van der Waals surface area (Å²) < 4.78 is 7.43. The topological polar surface area (TPSA) is 76.5 Å². The molecule has 1 atom stereocenters. The van der Waals surface area contributed by atoms with E-state index in [2.05, 4.69) is 11.5 Å². The van der Waals surface area contributed by atoms with Crippen molar-refractivity contribution in [2.75, 3.05) is 33.9 Å². The zero-order valence-corrected chi connectivity index (χ0v) is 12.9. The zero-order valence-electron chi connectivity index (χ0n) is 12.9. The van der Waals surface area contributed by atoms with Crippen molar-refractivity contribution in [1.29, 1.82) is 0 Å². The van der Waals surface area contributed by atoms with Crippen LogP contribution in [0.2, 0.25) is 0 Å². The minimum Gasteiger partial charge on any atom is -0.497 e. The predicted octanol–water partition coefficient (Wildman–Crippen LogP) is 0.989. The monoisotopic (exact) mass is 292 g/mol. The standard InChI is InChI=1S/C15H24N4O2/c1-11(9-16)19-14-5-4-12(21-3)8-13(14)17-15(19)10-18(2)6-7-20/h4-5,8,11,20H,6-7,9-10,16H2,1-3H3. The summed E-state index contributed by atoms with van der Waals surface area (Å²) in [6.07, 6.45) is 0. The molecule has 0 aliphatic carbocycles. The molecule has 0 saturated heterocycles. The molecule has 0 amide bonds. The molecule has 0 spiro atoms. The molecule has 6 heteroatoms. The van der Waals surface area contributed by atoms with E-state index in [-0.39, 0.29) is 12.6 Å². The second-order valence-corrected chi connectivity index (χ2v) is 5.30. The summed E-state index contributed by atoms with van der Waals surface area (Å²) in [5.41, 5.74) is 7.80. The lowest BCUT2D eigenvalue weighted by molar-refractivity contribution is 0.212. The molecule has 1 unspecified atom stereocenters. The smallest absolute Gasteiger partial charge is 0.124 e. The first-order chi connectivity index (χ1) is 10.1. The third kappa shape index (κ3) is 3.34. The number of ether oxygens (including phenoxy) is 1. The van der Waals surface area contributed by atoms with Gasteiger partial charge in [-0.25, -0.2) is 4.98 Å². The Bertz CT molecular complexity index is 597. The summed E-state index contributed by atoms with van der Waals surface area (Å²) in [5.74, 6) is 1.75. The Morgan fingerprint density at radius 1 is 1.48 bits per heavy atom. The Kier molecular flexibility index (Phi) is 5.17. The zero-order chi connectivity index (χ0) is 15.4. The largest absolute Gasteiger partial charge is 0.497 e. The lowest BCUT2D eigenvalue weighted by Gasteiger charge is -2.19. The number of nitrogens with zero attached hydrogens (tertiary/aromatic N) is 3. The summed E-state index contributed by atoms with van der Waals surface area (Å²) in [7, 11) is 3.62. The average molecular weight is 292 g/mol.